The summed E-state index contributed by atoms with van der Waals surface area (Å²) in [5, 5.41) is 0.622. The first-order chi connectivity index (χ1) is 8.60. The Balaban J connectivity index is 2.09. The second kappa shape index (κ2) is 3.92. The van der Waals surface area contributed by atoms with Gasteiger partial charge in [-0.25, -0.2) is 4.39 Å². The van der Waals surface area contributed by atoms with Crippen LogP contribution in [0.15, 0.2) is 24.4 Å². The fraction of sp³-hybridized carbons (Fsp3) is 0.357. The lowest BCUT2D eigenvalue weighted by Gasteiger charge is -2.20. The van der Waals surface area contributed by atoms with Crippen molar-refractivity contribution in [2.24, 2.45) is 0 Å². The minimum absolute atomic E-state index is 0.0724. The molecule has 0 bridgehead atoms. The second-order valence-corrected chi connectivity index (χ2v) is 4.90. The summed E-state index contributed by atoms with van der Waals surface area (Å²) >= 11 is 0. The second-order valence-electron chi connectivity index (χ2n) is 4.90. The molecule has 1 N–H and O–H groups in total. The summed E-state index contributed by atoms with van der Waals surface area (Å²) in [6.07, 6.45) is 3.24. The van der Waals surface area contributed by atoms with Gasteiger partial charge in [0.05, 0.1) is 0 Å². The number of benzene rings is 1. The van der Waals surface area contributed by atoms with Crippen molar-refractivity contribution in [3.8, 4) is 0 Å². The van der Waals surface area contributed by atoms with Crippen molar-refractivity contribution >= 4 is 16.7 Å². The number of Topliss-reactive ketones (excluding diaryl/α,β-unsaturated/α-hetero) is 1. The lowest BCUT2D eigenvalue weighted by Crippen LogP contribution is -2.34. The van der Waals surface area contributed by atoms with Crippen molar-refractivity contribution in [2.75, 3.05) is 6.61 Å². The molecule has 1 unspecified atom stereocenters. The predicted molar refractivity (Wildman–Crippen MR) is 66.2 cm³/mol. The number of hydrogen-bond donors (Lipinski definition) is 1. The van der Waals surface area contributed by atoms with Crippen molar-refractivity contribution in [1.29, 1.82) is 0 Å². The van der Waals surface area contributed by atoms with Crippen LogP contribution in [-0.4, -0.2) is 23.0 Å². The van der Waals surface area contributed by atoms with Gasteiger partial charge in [-0.1, -0.05) is 0 Å². The number of ketones is 1. The number of carbonyl (C=O) groups is 1. The Bertz CT molecular complexity index is 611. The molecule has 1 saturated heterocycles. The molecule has 2 aromatic rings. The number of H-pyrrole nitrogens is 1. The summed E-state index contributed by atoms with van der Waals surface area (Å²) in [5.74, 6) is -0.412. The van der Waals surface area contributed by atoms with Crippen LogP contribution in [0.2, 0.25) is 0 Å². The minimum atomic E-state index is -0.762. The number of nitrogens with one attached hydrogen (secondary N) is 1. The van der Waals surface area contributed by atoms with E-state index < -0.39 is 5.60 Å². The SMILES string of the molecule is CC1(C(=O)c2c[nH]c3ccc(F)cc23)CCCO1. The fourth-order valence-corrected chi connectivity index (χ4v) is 2.52. The third kappa shape index (κ3) is 1.64. The van der Waals surface area contributed by atoms with Crippen LogP contribution in [0.5, 0.6) is 0 Å². The van der Waals surface area contributed by atoms with Gasteiger partial charge in [-0.3, -0.25) is 4.79 Å². The molecular weight excluding hydrogens is 233 g/mol. The topological polar surface area (TPSA) is 42.1 Å². The summed E-state index contributed by atoms with van der Waals surface area (Å²) in [6, 6.07) is 4.40. The molecule has 94 valence electrons. The molecule has 3 nitrogen and oxygen atoms in total. The predicted octanol–water partition coefficient (Wildman–Crippen LogP) is 3.06. The molecule has 1 aromatic carbocycles. The summed E-state index contributed by atoms with van der Waals surface area (Å²) in [7, 11) is 0. The summed E-state index contributed by atoms with van der Waals surface area (Å²) in [6.45, 7) is 2.42. The first-order valence-corrected chi connectivity index (χ1v) is 6.05. The number of aromatic amines is 1. The highest BCUT2D eigenvalue weighted by molar-refractivity contribution is 6.11. The number of carbonyl (C=O) groups excluding carboxylic acids is 1. The van der Waals surface area contributed by atoms with Gasteiger partial charge < -0.3 is 9.72 Å². The lowest BCUT2D eigenvalue weighted by atomic mass is 9.92. The summed E-state index contributed by atoms with van der Waals surface area (Å²) < 4.78 is 18.8. The lowest BCUT2D eigenvalue weighted by molar-refractivity contribution is 0.0215. The number of fused-ring (bicyclic) bond motifs is 1. The van der Waals surface area contributed by atoms with E-state index in [1.165, 1.54) is 12.1 Å². The van der Waals surface area contributed by atoms with E-state index in [0.717, 1.165) is 11.9 Å². The summed E-state index contributed by atoms with van der Waals surface area (Å²) in [5.41, 5.74) is 0.511. The van der Waals surface area contributed by atoms with Crippen LogP contribution in [0.3, 0.4) is 0 Å². The molecule has 0 aliphatic carbocycles. The minimum Gasteiger partial charge on any atom is -0.367 e. The van der Waals surface area contributed by atoms with Crippen LogP contribution in [0.4, 0.5) is 4.39 Å². The average Bonchev–Trinajstić information content (AvgIpc) is 2.95. The Morgan fingerprint density at radius 1 is 1.50 bits per heavy atom. The van der Waals surface area contributed by atoms with E-state index in [2.05, 4.69) is 4.98 Å². The van der Waals surface area contributed by atoms with E-state index in [0.29, 0.717) is 24.0 Å². The quantitative estimate of drug-likeness (QED) is 0.829. The molecule has 2 heterocycles. The fourth-order valence-electron chi connectivity index (χ4n) is 2.52. The van der Waals surface area contributed by atoms with Crippen LogP contribution >= 0.6 is 0 Å². The van der Waals surface area contributed by atoms with E-state index >= 15 is 0 Å². The molecule has 1 atom stereocenters. The Labute approximate surface area is 104 Å². The van der Waals surface area contributed by atoms with Gasteiger partial charge in [-0.15, -0.1) is 0 Å². The largest absolute Gasteiger partial charge is 0.367 e. The van der Waals surface area contributed by atoms with E-state index in [9.17, 15) is 9.18 Å². The zero-order chi connectivity index (χ0) is 12.8. The maximum Gasteiger partial charge on any atom is 0.196 e. The van der Waals surface area contributed by atoms with Crippen molar-refractivity contribution in [3.05, 3.63) is 35.8 Å². The highest BCUT2D eigenvalue weighted by Gasteiger charge is 2.39. The molecule has 1 aliphatic heterocycles. The molecule has 0 spiro atoms. The van der Waals surface area contributed by atoms with Gasteiger partial charge in [-0.05, 0) is 38.0 Å². The van der Waals surface area contributed by atoms with E-state index in [4.69, 9.17) is 4.74 Å². The van der Waals surface area contributed by atoms with Gasteiger partial charge in [0.2, 0.25) is 0 Å². The molecule has 1 aliphatic rings. The van der Waals surface area contributed by atoms with Gasteiger partial charge >= 0.3 is 0 Å². The first-order valence-electron chi connectivity index (χ1n) is 6.05. The maximum atomic E-state index is 13.3. The van der Waals surface area contributed by atoms with Crippen LogP contribution in [0, 0.1) is 5.82 Å². The van der Waals surface area contributed by atoms with Gasteiger partial charge in [0.25, 0.3) is 0 Å². The first kappa shape index (κ1) is 11.4. The Morgan fingerprint density at radius 3 is 3.06 bits per heavy atom. The highest BCUT2D eigenvalue weighted by atomic mass is 19.1. The standard InChI is InChI=1S/C14H14FNO2/c1-14(5-2-6-18-14)13(17)11-8-16-12-4-3-9(15)7-10(11)12/h3-4,7-8,16H,2,5-6H2,1H3. The number of ether oxygens (including phenoxy) is 1. The smallest absolute Gasteiger partial charge is 0.196 e. The normalized spacial score (nSPS) is 23.7. The van der Waals surface area contributed by atoms with Gasteiger partial charge in [0, 0.05) is 29.3 Å². The van der Waals surface area contributed by atoms with Crippen LogP contribution in [0.25, 0.3) is 10.9 Å². The number of aromatic nitrogens is 1. The molecule has 4 heteroatoms. The monoisotopic (exact) mass is 247 g/mol. The Kier molecular flexibility index (Phi) is 2.48. The van der Waals surface area contributed by atoms with Gasteiger partial charge in [-0.2, -0.15) is 0 Å². The van der Waals surface area contributed by atoms with Crippen molar-refractivity contribution in [1.82, 2.24) is 4.98 Å². The maximum absolute atomic E-state index is 13.3. The highest BCUT2D eigenvalue weighted by Crippen LogP contribution is 2.31. The molecule has 0 amide bonds. The molecule has 0 radical (unpaired) electrons. The van der Waals surface area contributed by atoms with Gasteiger partial charge in [0.15, 0.2) is 5.78 Å². The number of rotatable bonds is 2. The van der Waals surface area contributed by atoms with E-state index in [-0.39, 0.29) is 11.6 Å². The third-order valence-electron chi connectivity index (χ3n) is 3.59. The number of halogens is 1. The van der Waals surface area contributed by atoms with Crippen LogP contribution in [-0.2, 0) is 4.74 Å². The number of hydrogen-bond acceptors (Lipinski definition) is 2. The van der Waals surface area contributed by atoms with E-state index in [1.807, 2.05) is 0 Å². The molecular formula is C14H14FNO2. The molecule has 0 saturated carbocycles. The Morgan fingerprint density at radius 2 is 2.33 bits per heavy atom. The van der Waals surface area contributed by atoms with Crippen molar-refractivity contribution < 1.29 is 13.9 Å². The third-order valence-corrected chi connectivity index (χ3v) is 3.59. The Hall–Kier alpha value is -1.68. The zero-order valence-electron chi connectivity index (χ0n) is 10.1. The molecule has 18 heavy (non-hydrogen) atoms. The van der Waals surface area contributed by atoms with E-state index in [1.54, 1.807) is 19.2 Å². The van der Waals surface area contributed by atoms with Crippen LogP contribution in [0.1, 0.15) is 30.1 Å². The summed E-state index contributed by atoms with van der Waals surface area (Å²) in [4.78, 5) is 15.5. The average molecular weight is 247 g/mol. The molecule has 1 fully saturated rings. The molecule has 3 rings (SSSR count). The zero-order valence-corrected chi connectivity index (χ0v) is 10.1. The van der Waals surface area contributed by atoms with Crippen molar-refractivity contribution in [3.63, 3.8) is 0 Å². The van der Waals surface area contributed by atoms with Crippen molar-refractivity contribution in [2.45, 2.75) is 25.4 Å². The van der Waals surface area contributed by atoms with Crippen LogP contribution < -0.4 is 0 Å². The van der Waals surface area contributed by atoms with Gasteiger partial charge in [0.1, 0.15) is 11.4 Å². The molecule has 1 aromatic heterocycles.